The van der Waals surface area contributed by atoms with Crippen LogP contribution in [-0.4, -0.2) is 35.5 Å². The number of aryl methyl sites for hydroxylation is 1. The van der Waals surface area contributed by atoms with Crippen molar-refractivity contribution in [2.45, 2.75) is 33.5 Å². The van der Waals surface area contributed by atoms with Crippen molar-refractivity contribution in [3.63, 3.8) is 0 Å². The number of nitrogens with zero attached hydrogens (tertiary/aromatic N) is 2. The molecule has 0 bridgehead atoms. The van der Waals surface area contributed by atoms with E-state index in [1.165, 1.54) is 35.1 Å². The third kappa shape index (κ3) is 6.39. The van der Waals surface area contributed by atoms with Gasteiger partial charge in [-0.05, 0) is 30.5 Å². The third-order valence-electron chi connectivity index (χ3n) is 5.35. The van der Waals surface area contributed by atoms with Gasteiger partial charge >= 0.3 is 5.97 Å². The van der Waals surface area contributed by atoms with Crippen molar-refractivity contribution in [2.75, 3.05) is 12.4 Å². The van der Waals surface area contributed by atoms with E-state index in [0.717, 1.165) is 5.56 Å². The zero-order valence-corrected chi connectivity index (χ0v) is 21.9. The Kier molecular flexibility index (Phi) is 9.03. The molecule has 1 aromatic heterocycles. The lowest BCUT2D eigenvalue weighted by molar-refractivity contribution is -0.150. The van der Waals surface area contributed by atoms with Crippen LogP contribution in [0.2, 0.25) is 5.02 Å². The average Bonchev–Trinajstić information content (AvgIpc) is 3.29. The van der Waals surface area contributed by atoms with Crippen molar-refractivity contribution >= 4 is 46.4 Å². The van der Waals surface area contributed by atoms with E-state index in [-0.39, 0.29) is 40.6 Å². The van der Waals surface area contributed by atoms with Crippen molar-refractivity contribution in [1.29, 1.82) is 0 Å². The first-order chi connectivity index (χ1) is 17.1. The Morgan fingerprint density at radius 2 is 1.92 bits per heavy atom. The minimum absolute atomic E-state index is 0.0719. The van der Waals surface area contributed by atoms with Crippen molar-refractivity contribution in [1.82, 2.24) is 4.57 Å². The van der Waals surface area contributed by atoms with Crippen LogP contribution >= 0.6 is 22.9 Å². The van der Waals surface area contributed by atoms with Gasteiger partial charge in [0, 0.05) is 23.2 Å². The fraction of sp³-hybridized carbons (Fsp3) is 0.280. The second kappa shape index (κ2) is 12.0. The second-order valence-electron chi connectivity index (χ2n) is 8.24. The molecular formula is C25H27ClN4O5S. The van der Waals surface area contributed by atoms with Crippen molar-refractivity contribution in [3.05, 3.63) is 74.5 Å². The van der Waals surface area contributed by atoms with Crippen molar-refractivity contribution in [3.8, 4) is 5.75 Å². The molecule has 0 saturated carbocycles. The molecule has 11 heteroatoms. The lowest BCUT2D eigenvalue weighted by atomic mass is 10.1. The lowest BCUT2D eigenvalue weighted by Crippen LogP contribution is -2.37. The molecule has 3 aromatic rings. The van der Waals surface area contributed by atoms with Crippen LogP contribution in [-0.2, 0) is 16.3 Å². The topological polar surface area (TPSA) is 125 Å². The average molecular weight is 531 g/mol. The lowest BCUT2D eigenvalue weighted by Gasteiger charge is -2.14. The summed E-state index contributed by atoms with van der Waals surface area (Å²) in [7, 11) is 1.40. The van der Waals surface area contributed by atoms with Crippen LogP contribution in [0.4, 0.5) is 5.69 Å². The summed E-state index contributed by atoms with van der Waals surface area (Å²) in [6.45, 7) is 5.33. The molecule has 0 saturated heterocycles. The zero-order chi connectivity index (χ0) is 26.4. The number of benzene rings is 2. The summed E-state index contributed by atoms with van der Waals surface area (Å²) >= 11 is 7.58. The molecule has 1 unspecified atom stereocenters. The van der Waals surface area contributed by atoms with E-state index >= 15 is 0 Å². The molecule has 2 aromatic carbocycles. The van der Waals surface area contributed by atoms with Crippen molar-refractivity contribution in [2.24, 2.45) is 16.6 Å². The van der Waals surface area contributed by atoms with Gasteiger partial charge in [0.15, 0.2) is 11.5 Å². The van der Waals surface area contributed by atoms with Crippen LogP contribution in [0.5, 0.6) is 5.75 Å². The third-order valence-corrected chi connectivity index (χ3v) is 6.46. The predicted molar refractivity (Wildman–Crippen MR) is 138 cm³/mol. The molecule has 0 aliphatic carbocycles. The number of methoxy groups -OCH3 is 1. The number of ether oxygens (including phenoxy) is 2. The largest absolute Gasteiger partial charge is 0.496 e. The molecule has 1 heterocycles. The summed E-state index contributed by atoms with van der Waals surface area (Å²) in [4.78, 5) is 42.2. The number of thiazole rings is 1. The molecule has 190 valence electrons. The number of anilines is 1. The Bertz CT molecular complexity index is 1350. The number of halogens is 1. The quantitative estimate of drug-likeness (QED) is 0.424. The summed E-state index contributed by atoms with van der Waals surface area (Å²) < 4.78 is 12.1. The number of carbonyl (C=O) groups excluding carboxylic acids is 3. The number of hydrogen-bond donors (Lipinski definition) is 2. The minimum Gasteiger partial charge on any atom is -0.496 e. The van der Waals surface area contributed by atoms with Crippen molar-refractivity contribution < 1.29 is 23.9 Å². The molecule has 3 N–H and O–H groups in total. The van der Waals surface area contributed by atoms with Gasteiger partial charge in [-0.15, -0.1) is 11.3 Å². The van der Waals surface area contributed by atoms with Gasteiger partial charge in [0.1, 0.15) is 11.8 Å². The van der Waals surface area contributed by atoms with Crippen LogP contribution in [0.25, 0.3) is 0 Å². The van der Waals surface area contributed by atoms with E-state index in [1.54, 1.807) is 23.7 Å². The van der Waals surface area contributed by atoms with Crippen LogP contribution in [0, 0.1) is 12.8 Å². The number of esters is 1. The van der Waals surface area contributed by atoms with Gasteiger partial charge < -0.3 is 20.5 Å². The van der Waals surface area contributed by atoms with Gasteiger partial charge in [0.05, 0.1) is 23.4 Å². The highest BCUT2D eigenvalue weighted by molar-refractivity contribution is 7.07. The predicted octanol–water partition coefficient (Wildman–Crippen LogP) is 4.00. The van der Waals surface area contributed by atoms with E-state index in [2.05, 4.69) is 10.3 Å². The van der Waals surface area contributed by atoms with E-state index in [0.29, 0.717) is 10.4 Å². The van der Waals surface area contributed by atoms with E-state index < -0.39 is 17.9 Å². The maximum Gasteiger partial charge on any atom is 0.324 e. The fourth-order valence-electron chi connectivity index (χ4n) is 3.14. The van der Waals surface area contributed by atoms with Gasteiger partial charge in [-0.2, -0.15) is 4.99 Å². The Morgan fingerprint density at radius 1 is 1.19 bits per heavy atom. The molecule has 0 aliphatic heterocycles. The fourth-order valence-corrected chi connectivity index (χ4v) is 4.06. The second-order valence-corrected chi connectivity index (χ2v) is 9.52. The smallest absolute Gasteiger partial charge is 0.324 e. The van der Waals surface area contributed by atoms with Gasteiger partial charge in [-0.1, -0.05) is 43.6 Å². The zero-order valence-electron chi connectivity index (χ0n) is 20.3. The van der Waals surface area contributed by atoms with Gasteiger partial charge in [0.25, 0.3) is 11.8 Å². The highest BCUT2D eigenvalue weighted by atomic mass is 35.5. The Morgan fingerprint density at radius 3 is 2.58 bits per heavy atom. The van der Waals surface area contributed by atoms with Gasteiger partial charge in [-0.3, -0.25) is 19.0 Å². The molecule has 0 fully saturated rings. The highest BCUT2D eigenvalue weighted by Gasteiger charge is 2.20. The molecule has 36 heavy (non-hydrogen) atoms. The van der Waals surface area contributed by atoms with E-state index in [9.17, 15) is 14.4 Å². The number of rotatable bonds is 8. The number of hydrogen-bond acceptors (Lipinski definition) is 7. The molecule has 2 amide bonds. The molecule has 3 rings (SSSR count). The van der Waals surface area contributed by atoms with E-state index in [1.807, 2.05) is 32.9 Å². The number of nitrogens with one attached hydrogen (secondary N) is 1. The summed E-state index contributed by atoms with van der Waals surface area (Å²) in [5.41, 5.74) is 7.52. The maximum absolute atomic E-state index is 13.0. The Labute approximate surface area is 217 Å². The maximum atomic E-state index is 13.0. The normalized spacial score (nSPS) is 12.4. The Balaban J connectivity index is 1.83. The molecular weight excluding hydrogens is 504 g/mol. The van der Waals surface area contributed by atoms with Crippen LogP contribution in [0.1, 0.15) is 40.1 Å². The van der Waals surface area contributed by atoms with E-state index in [4.69, 9.17) is 26.8 Å². The first-order valence-electron chi connectivity index (χ1n) is 11.0. The first kappa shape index (κ1) is 27.1. The molecule has 0 aliphatic rings. The SMILES string of the molecule is COc1cc(NC(=O)c2ccccc2C)c(Cl)cc1C(=O)/N=c1\sccn1COC(=O)C(N)C(C)C. The number of nitrogens with two attached hydrogens (primary N) is 1. The highest BCUT2D eigenvalue weighted by Crippen LogP contribution is 2.32. The number of amides is 2. The molecule has 9 nitrogen and oxygen atoms in total. The van der Waals surface area contributed by atoms with Gasteiger partial charge in [-0.25, -0.2) is 0 Å². The number of carbonyl (C=O) groups is 3. The minimum atomic E-state index is -0.748. The molecule has 0 spiro atoms. The molecule has 1 atom stereocenters. The standard InChI is InChI=1S/C25H27ClN4O5S/c1-14(2)21(27)24(33)35-13-30-9-10-36-25(30)29-23(32)17-11-18(26)19(12-20(17)34-4)28-22(31)16-8-6-5-7-15(16)3/h5-12,14,21H,13,27H2,1-4H3,(H,28,31)/b29-25-. The number of aromatic nitrogens is 1. The van der Waals surface area contributed by atoms with Gasteiger partial charge in [0.2, 0.25) is 0 Å². The summed E-state index contributed by atoms with van der Waals surface area (Å²) in [6.07, 6.45) is 1.64. The van der Waals surface area contributed by atoms with Crippen LogP contribution < -0.4 is 20.6 Å². The monoisotopic (exact) mass is 530 g/mol. The van der Waals surface area contributed by atoms with Crippen LogP contribution in [0.15, 0.2) is 53.0 Å². The molecule has 0 radical (unpaired) electrons. The summed E-state index contributed by atoms with van der Waals surface area (Å²) in [5, 5.41) is 4.60. The summed E-state index contributed by atoms with van der Waals surface area (Å²) in [6, 6.07) is 9.26. The van der Waals surface area contributed by atoms with Crippen LogP contribution in [0.3, 0.4) is 0 Å². The Hall–Kier alpha value is -3.47. The first-order valence-corrected chi connectivity index (χ1v) is 12.3. The summed E-state index contributed by atoms with van der Waals surface area (Å²) in [5.74, 6) is -1.39.